The summed E-state index contributed by atoms with van der Waals surface area (Å²) in [5, 5.41) is 0.459. The summed E-state index contributed by atoms with van der Waals surface area (Å²) in [6, 6.07) is 12.3. The molecule has 1 aliphatic heterocycles. The summed E-state index contributed by atoms with van der Waals surface area (Å²) in [6.07, 6.45) is 3.84. The van der Waals surface area contributed by atoms with Crippen molar-refractivity contribution in [2.75, 3.05) is 20.5 Å². The first kappa shape index (κ1) is 23.4. The molecule has 0 spiro atoms. The molecule has 0 saturated carbocycles. The van der Waals surface area contributed by atoms with Crippen LogP contribution in [-0.4, -0.2) is 31.0 Å². The number of nitrogens with zero attached hydrogens (tertiary/aromatic N) is 2. The van der Waals surface area contributed by atoms with Crippen molar-refractivity contribution in [1.82, 2.24) is 4.57 Å². The lowest BCUT2D eigenvalue weighted by Crippen LogP contribution is -2.40. The number of rotatable bonds is 5. The molecule has 0 radical (unpaired) electrons. The van der Waals surface area contributed by atoms with E-state index in [1.165, 1.54) is 30.1 Å². The minimum absolute atomic E-state index is 0.256. The van der Waals surface area contributed by atoms with E-state index in [-0.39, 0.29) is 11.1 Å². The van der Waals surface area contributed by atoms with Crippen LogP contribution in [0.25, 0.3) is 6.08 Å². The molecule has 0 bridgehead atoms. The predicted molar refractivity (Wildman–Crippen MR) is 132 cm³/mol. The van der Waals surface area contributed by atoms with Crippen LogP contribution in [0, 0.1) is 0 Å². The molecule has 0 aliphatic carbocycles. The van der Waals surface area contributed by atoms with Crippen molar-refractivity contribution in [1.29, 1.82) is 0 Å². The molecule has 3 aromatic rings. The quantitative estimate of drug-likeness (QED) is 0.394. The molecular weight excluding hydrogens is 480 g/mol. The third-order valence-corrected chi connectivity index (χ3v) is 7.29. The highest BCUT2D eigenvalue weighted by Gasteiger charge is 2.35. The molecule has 0 unspecified atom stereocenters. The zero-order valence-electron chi connectivity index (χ0n) is 18.4. The lowest BCUT2D eigenvalue weighted by molar-refractivity contribution is -0.136. The zero-order valence-corrected chi connectivity index (χ0v) is 20.8. The maximum atomic E-state index is 13.6. The number of thioether (sulfide) groups is 1. The smallest absolute Gasteiger partial charge is 0.338 e. The second-order valence-electron chi connectivity index (χ2n) is 7.23. The van der Waals surface area contributed by atoms with Crippen LogP contribution in [-0.2, 0) is 9.53 Å². The molecule has 0 fully saturated rings. The number of ether oxygens (including phenoxy) is 2. The van der Waals surface area contributed by atoms with E-state index in [0.29, 0.717) is 31.4 Å². The van der Waals surface area contributed by atoms with Gasteiger partial charge in [-0.2, -0.15) is 0 Å². The molecule has 9 heteroatoms. The minimum Gasteiger partial charge on any atom is -0.496 e. The van der Waals surface area contributed by atoms with Crippen LogP contribution >= 0.6 is 34.7 Å². The highest BCUT2D eigenvalue weighted by molar-refractivity contribution is 7.98. The van der Waals surface area contributed by atoms with Gasteiger partial charge < -0.3 is 9.47 Å². The molecule has 0 saturated heterocycles. The largest absolute Gasteiger partial charge is 0.496 e. The number of fused-ring (bicyclic) bond motifs is 1. The van der Waals surface area contributed by atoms with E-state index in [1.54, 1.807) is 36.9 Å². The Morgan fingerprint density at radius 2 is 1.94 bits per heavy atom. The van der Waals surface area contributed by atoms with Crippen molar-refractivity contribution in [2.45, 2.75) is 17.9 Å². The zero-order chi connectivity index (χ0) is 23.7. The first-order chi connectivity index (χ1) is 15.9. The summed E-state index contributed by atoms with van der Waals surface area (Å²) < 4.78 is 12.6. The summed E-state index contributed by atoms with van der Waals surface area (Å²) in [4.78, 5) is 32.6. The van der Waals surface area contributed by atoms with E-state index >= 15 is 0 Å². The standard InChI is InChI=1S/C24H21ClN2O4S2/c1-13-20(23(29)31-3)21(17-12-15(25)7-10-18(17)30-2)27-22(28)19(33-24(27)26-13)11-14-5-8-16(32-4)9-6-14/h5-12,21H,1-4H3/b19-11-/t21-/m0/s1. The van der Waals surface area contributed by atoms with Gasteiger partial charge in [-0.15, -0.1) is 11.8 Å². The van der Waals surface area contributed by atoms with Gasteiger partial charge in [-0.3, -0.25) is 9.36 Å². The number of esters is 1. The van der Waals surface area contributed by atoms with Gasteiger partial charge in [-0.05, 0) is 55.2 Å². The van der Waals surface area contributed by atoms with Gasteiger partial charge in [0.05, 0.1) is 30.0 Å². The lowest BCUT2D eigenvalue weighted by atomic mass is 9.95. The Kier molecular flexibility index (Phi) is 6.78. The minimum atomic E-state index is -0.789. The fourth-order valence-electron chi connectivity index (χ4n) is 3.76. The van der Waals surface area contributed by atoms with E-state index in [0.717, 1.165) is 10.5 Å². The van der Waals surface area contributed by atoms with Crippen molar-refractivity contribution < 1.29 is 14.3 Å². The number of benzene rings is 2. The van der Waals surface area contributed by atoms with Gasteiger partial charge in [-0.1, -0.05) is 35.1 Å². The molecule has 2 heterocycles. The van der Waals surface area contributed by atoms with Crippen molar-refractivity contribution in [3.05, 3.63) is 89.6 Å². The molecule has 6 nitrogen and oxygen atoms in total. The SMILES string of the molecule is COC(=O)C1=C(C)N=c2s/c(=C\c3ccc(SC)cc3)c(=O)n2[C@H]1c1cc(Cl)ccc1OC. The Morgan fingerprint density at radius 1 is 1.21 bits per heavy atom. The number of thiazole rings is 1. The number of methoxy groups -OCH3 is 2. The van der Waals surface area contributed by atoms with Gasteiger partial charge in [0.2, 0.25) is 0 Å². The molecular formula is C24H21ClN2O4S2. The molecule has 1 aliphatic rings. The van der Waals surface area contributed by atoms with Crippen LogP contribution in [0.5, 0.6) is 5.75 Å². The summed E-state index contributed by atoms with van der Waals surface area (Å²) in [5.41, 5.74) is 1.97. The average Bonchev–Trinajstić information content (AvgIpc) is 3.12. The van der Waals surface area contributed by atoms with Gasteiger partial charge in [0, 0.05) is 15.5 Å². The molecule has 2 aromatic carbocycles. The summed E-state index contributed by atoms with van der Waals surface area (Å²) >= 11 is 9.21. The highest BCUT2D eigenvalue weighted by Crippen LogP contribution is 2.37. The van der Waals surface area contributed by atoms with Crippen molar-refractivity contribution >= 4 is 46.7 Å². The number of halogens is 1. The molecule has 33 heavy (non-hydrogen) atoms. The molecule has 0 amide bonds. The van der Waals surface area contributed by atoms with Crippen LogP contribution in [0.1, 0.15) is 24.1 Å². The molecule has 4 rings (SSSR count). The van der Waals surface area contributed by atoms with Crippen LogP contribution in [0.4, 0.5) is 0 Å². The van der Waals surface area contributed by atoms with Crippen LogP contribution in [0.15, 0.2) is 68.4 Å². The second kappa shape index (κ2) is 9.59. The van der Waals surface area contributed by atoms with Gasteiger partial charge in [0.25, 0.3) is 5.56 Å². The number of hydrogen-bond donors (Lipinski definition) is 0. The fraction of sp³-hybridized carbons (Fsp3) is 0.208. The number of carbonyl (C=O) groups is 1. The van der Waals surface area contributed by atoms with E-state index < -0.39 is 12.0 Å². The number of hydrogen-bond acceptors (Lipinski definition) is 7. The lowest BCUT2D eigenvalue weighted by Gasteiger charge is -2.25. The fourth-order valence-corrected chi connectivity index (χ4v) is 5.39. The Morgan fingerprint density at radius 3 is 2.58 bits per heavy atom. The number of aromatic nitrogens is 1. The first-order valence-corrected chi connectivity index (χ1v) is 12.4. The normalized spacial score (nSPS) is 15.8. The Balaban J connectivity index is 1.99. The van der Waals surface area contributed by atoms with Crippen molar-refractivity contribution in [3.8, 4) is 5.75 Å². The molecule has 0 N–H and O–H groups in total. The summed E-state index contributed by atoms with van der Waals surface area (Å²) in [6.45, 7) is 1.73. The number of carbonyl (C=O) groups excluding carboxylic acids is 1. The maximum Gasteiger partial charge on any atom is 0.338 e. The van der Waals surface area contributed by atoms with Crippen molar-refractivity contribution in [2.24, 2.45) is 4.99 Å². The first-order valence-electron chi connectivity index (χ1n) is 9.96. The molecule has 170 valence electrons. The highest BCUT2D eigenvalue weighted by atomic mass is 35.5. The van der Waals surface area contributed by atoms with Crippen LogP contribution < -0.4 is 19.6 Å². The van der Waals surface area contributed by atoms with E-state index in [2.05, 4.69) is 4.99 Å². The third kappa shape index (κ3) is 4.38. The molecule has 1 atom stereocenters. The number of allylic oxidation sites excluding steroid dienone is 1. The van der Waals surface area contributed by atoms with Crippen molar-refractivity contribution in [3.63, 3.8) is 0 Å². The average molecular weight is 501 g/mol. The van der Waals surface area contributed by atoms with E-state index in [9.17, 15) is 9.59 Å². The third-order valence-electron chi connectivity index (χ3n) is 5.33. The predicted octanol–water partition coefficient (Wildman–Crippen LogP) is 3.79. The monoisotopic (exact) mass is 500 g/mol. The van der Waals surface area contributed by atoms with Crippen LogP contribution in [0.3, 0.4) is 0 Å². The summed E-state index contributed by atoms with van der Waals surface area (Å²) in [7, 11) is 2.83. The van der Waals surface area contributed by atoms with Gasteiger partial charge in [0.15, 0.2) is 4.80 Å². The Bertz CT molecular complexity index is 1440. The molecule has 1 aromatic heterocycles. The Labute approximate surface area is 203 Å². The topological polar surface area (TPSA) is 69.9 Å². The van der Waals surface area contributed by atoms with Gasteiger partial charge in [-0.25, -0.2) is 9.79 Å². The second-order valence-corrected chi connectivity index (χ2v) is 9.56. The van der Waals surface area contributed by atoms with Crippen LogP contribution in [0.2, 0.25) is 5.02 Å². The summed E-state index contributed by atoms with van der Waals surface area (Å²) in [5.74, 6) is -0.0621. The van der Waals surface area contributed by atoms with E-state index in [4.69, 9.17) is 21.1 Å². The Hall–Kier alpha value is -2.81. The van der Waals surface area contributed by atoms with Gasteiger partial charge in [0.1, 0.15) is 11.8 Å². The maximum absolute atomic E-state index is 13.6. The van der Waals surface area contributed by atoms with E-state index in [1.807, 2.05) is 36.6 Å². The van der Waals surface area contributed by atoms with Gasteiger partial charge >= 0.3 is 5.97 Å².